The van der Waals surface area contributed by atoms with Crippen LogP contribution in [0.3, 0.4) is 0 Å². The van der Waals surface area contributed by atoms with Crippen LogP contribution < -0.4 is 18.1 Å². The van der Waals surface area contributed by atoms with Gasteiger partial charge in [0.1, 0.15) is 6.54 Å². The third kappa shape index (κ3) is 6.00. The fraction of sp³-hybridized carbons (Fsp3) is 0.300. The van der Waals surface area contributed by atoms with E-state index >= 15 is 0 Å². The number of quaternary nitrogens is 1. The molecule has 0 amide bonds. The monoisotopic (exact) mass is 361 g/mol. The second-order valence-corrected chi connectivity index (χ2v) is 5.68. The Kier molecular flexibility index (Phi) is 8.89. The van der Waals surface area contributed by atoms with E-state index in [1.165, 1.54) is 0 Å². The second kappa shape index (κ2) is 10.6. The lowest BCUT2D eigenvalue weighted by Crippen LogP contribution is -3.00. The second-order valence-electron chi connectivity index (χ2n) is 5.68. The van der Waals surface area contributed by atoms with Gasteiger partial charge in [0.2, 0.25) is 0 Å². The molecule has 0 radical (unpaired) electrons. The highest BCUT2D eigenvalue weighted by Crippen LogP contribution is 2.27. The first-order valence-corrected chi connectivity index (χ1v) is 8.27. The third-order valence-corrected chi connectivity index (χ3v) is 4.03. The van der Waals surface area contributed by atoms with Gasteiger partial charge in [-0.2, -0.15) is 0 Å². The number of Topliss-reactive ketones (excluding diaryl/α,β-unsaturated/α-hetero) is 1. The van der Waals surface area contributed by atoms with Crippen LogP contribution in [0.5, 0.6) is 0 Å². The summed E-state index contributed by atoms with van der Waals surface area (Å²) in [4.78, 5) is 24.4. The molecule has 2 rings (SSSR count). The number of carbonyl (C=O) groups excluding carboxylic acids is 2. The van der Waals surface area contributed by atoms with Crippen LogP contribution in [-0.2, 0) is 9.53 Å². The first-order chi connectivity index (χ1) is 11.7. The summed E-state index contributed by atoms with van der Waals surface area (Å²) in [6.07, 6.45) is 0.183. The van der Waals surface area contributed by atoms with E-state index in [1.807, 2.05) is 60.7 Å². The summed E-state index contributed by atoms with van der Waals surface area (Å²) in [5.41, 5.74) is 5.57. The highest BCUT2D eigenvalue weighted by Gasteiger charge is 2.29. The van der Waals surface area contributed by atoms with Gasteiger partial charge >= 0.3 is 5.97 Å². The lowest BCUT2D eigenvalue weighted by atomic mass is 9.87. The van der Waals surface area contributed by atoms with Crippen LogP contribution in [0.1, 0.15) is 41.6 Å². The van der Waals surface area contributed by atoms with Gasteiger partial charge in [-0.25, -0.2) is 0 Å². The van der Waals surface area contributed by atoms with Crippen molar-refractivity contribution < 1.29 is 32.5 Å². The Morgan fingerprint density at radius 3 is 2.08 bits per heavy atom. The predicted molar refractivity (Wildman–Crippen MR) is 92.5 cm³/mol. The number of ketones is 1. The van der Waals surface area contributed by atoms with E-state index in [0.29, 0.717) is 18.5 Å². The Labute approximate surface area is 154 Å². The minimum Gasteiger partial charge on any atom is -1.00 e. The molecule has 0 aliphatic heterocycles. The highest BCUT2D eigenvalue weighted by atomic mass is 35.5. The van der Waals surface area contributed by atoms with Crippen LogP contribution in [0.2, 0.25) is 0 Å². The maximum absolute atomic E-state index is 12.6. The molecule has 5 heteroatoms. The van der Waals surface area contributed by atoms with Crippen molar-refractivity contribution in [1.29, 1.82) is 0 Å². The van der Waals surface area contributed by atoms with E-state index in [9.17, 15) is 9.59 Å². The standard InChI is InChI=1S/C20H23NO3.ClH/c1-2-20(23)24-19(14-21)17(15-9-5-3-6-10-15)13-18(22)16-11-7-4-8-12-16;/h3-12,17,19H,2,13-14,21H2,1H3;1H. The van der Waals surface area contributed by atoms with Gasteiger partial charge in [-0.15, -0.1) is 0 Å². The molecule has 0 aromatic heterocycles. The molecule has 2 atom stereocenters. The largest absolute Gasteiger partial charge is 1.00 e. The number of halogens is 1. The zero-order valence-electron chi connectivity index (χ0n) is 14.4. The molecular weight excluding hydrogens is 338 g/mol. The minimum atomic E-state index is -0.410. The molecule has 4 nitrogen and oxygen atoms in total. The number of hydrogen-bond acceptors (Lipinski definition) is 3. The fourth-order valence-electron chi connectivity index (χ4n) is 2.70. The Morgan fingerprint density at radius 1 is 1.00 bits per heavy atom. The minimum absolute atomic E-state index is 0. The summed E-state index contributed by atoms with van der Waals surface area (Å²) in [6, 6.07) is 18.9. The third-order valence-electron chi connectivity index (χ3n) is 4.03. The molecule has 0 aliphatic carbocycles. The van der Waals surface area contributed by atoms with Crippen molar-refractivity contribution >= 4 is 11.8 Å². The van der Waals surface area contributed by atoms with Crippen LogP contribution in [0, 0.1) is 0 Å². The van der Waals surface area contributed by atoms with Gasteiger partial charge in [0.15, 0.2) is 11.9 Å². The predicted octanol–water partition coefficient (Wildman–Crippen LogP) is -0.389. The lowest BCUT2D eigenvalue weighted by molar-refractivity contribution is -0.385. The van der Waals surface area contributed by atoms with Gasteiger partial charge in [-0.3, -0.25) is 9.59 Å². The number of esters is 1. The molecular formula is C20H24ClNO3. The van der Waals surface area contributed by atoms with Gasteiger partial charge in [-0.05, 0) is 5.56 Å². The van der Waals surface area contributed by atoms with Gasteiger partial charge in [0.05, 0.1) is 0 Å². The average molecular weight is 362 g/mol. The topological polar surface area (TPSA) is 71.0 Å². The van der Waals surface area contributed by atoms with Crippen LogP contribution in [0.25, 0.3) is 0 Å². The number of benzene rings is 2. The van der Waals surface area contributed by atoms with Crippen molar-refractivity contribution in [1.82, 2.24) is 0 Å². The zero-order chi connectivity index (χ0) is 17.4. The molecule has 134 valence electrons. The number of carbonyl (C=O) groups is 2. The zero-order valence-corrected chi connectivity index (χ0v) is 15.1. The SMILES string of the molecule is CCC(=O)OC(C[NH3+])C(CC(=O)c1ccccc1)c1ccccc1.[Cl-]. The van der Waals surface area contributed by atoms with Crippen molar-refractivity contribution in [3.63, 3.8) is 0 Å². The summed E-state index contributed by atoms with van der Waals surface area (Å²) in [5, 5.41) is 0. The molecule has 0 bridgehead atoms. The first kappa shape index (κ1) is 20.9. The maximum atomic E-state index is 12.6. The van der Waals surface area contributed by atoms with Crippen molar-refractivity contribution in [3.8, 4) is 0 Å². The molecule has 0 fully saturated rings. The maximum Gasteiger partial charge on any atom is 0.306 e. The van der Waals surface area contributed by atoms with Gasteiger partial charge < -0.3 is 22.9 Å². The number of ether oxygens (including phenoxy) is 1. The fourth-order valence-corrected chi connectivity index (χ4v) is 2.70. The molecule has 2 aromatic carbocycles. The lowest BCUT2D eigenvalue weighted by Gasteiger charge is -2.24. The molecule has 0 heterocycles. The summed E-state index contributed by atoms with van der Waals surface area (Å²) in [7, 11) is 0. The Morgan fingerprint density at radius 2 is 1.56 bits per heavy atom. The Hall–Kier alpha value is -2.17. The first-order valence-electron chi connectivity index (χ1n) is 8.27. The van der Waals surface area contributed by atoms with Gasteiger partial charge in [0.25, 0.3) is 0 Å². The average Bonchev–Trinajstić information content (AvgIpc) is 2.65. The quantitative estimate of drug-likeness (QED) is 0.514. The van der Waals surface area contributed by atoms with Crippen molar-refractivity contribution in [2.24, 2.45) is 0 Å². The molecule has 0 spiro atoms. The van der Waals surface area contributed by atoms with E-state index in [0.717, 1.165) is 5.56 Å². The summed E-state index contributed by atoms with van der Waals surface area (Å²) < 4.78 is 5.55. The van der Waals surface area contributed by atoms with E-state index in [-0.39, 0.29) is 36.5 Å². The summed E-state index contributed by atoms with van der Waals surface area (Å²) >= 11 is 0. The van der Waals surface area contributed by atoms with Crippen molar-refractivity contribution in [3.05, 3.63) is 71.8 Å². The highest BCUT2D eigenvalue weighted by molar-refractivity contribution is 5.96. The Balaban J connectivity index is 0.00000312. The smallest absolute Gasteiger partial charge is 0.306 e. The van der Waals surface area contributed by atoms with Crippen LogP contribution in [-0.4, -0.2) is 24.4 Å². The van der Waals surface area contributed by atoms with Crippen molar-refractivity contribution in [2.75, 3.05) is 6.54 Å². The normalized spacial score (nSPS) is 12.6. The molecule has 0 aliphatic rings. The molecule has 3 N–H and O–H groups in total. The van der Waals surface area contributed by atoms with E-state index < -0.39 is 6.10 Å². The number of hydrogen-bond donors (Lipinski definition) is 1. The molecule has 0 saturated carbocycles. The Bertz CT molecular complexity index is 661. The van der Waals surface area contributed by atoms with Gasteiger partial charge in [0, 0.05) is 24.3 Å². The number of rotatable bonds is 8. The molecule has 2 unspecified atom stereocenters. The summed E-state index contributed by atoms with van der Waals surface area (Å²) in [6.45, 7) is 2.18. The summed E-state index contributed by atoms with van der Waals surface area (Å²) in [5.74, 6) is -0.431. The molecule has 0 saturated heterocycles. The van der Waals surface area contributed by atoms with E-state index in [1.54, 1.807) is 6.92 Å². The van der Waals surface area contributed by atoms with Crippen LogP contribution in [0.15, 0.2) is 60.7 Å². The van der Waals surface area contributed by atoms with Crippen LogP contribution in [0.4, 0.5) is 0 Å². The van der Waals surface area contributed by atoms with E-state index in [2.05, 4.69) is 5.73 Å². The van der Waals surface area contributed by atoms with E-state index in [4.69, 9.17) is 4.74 Å². The molecule has 25 heavy (non-hydrogen) atoms. The van der Waals surface area contributed by atoms with Crippen molar-refractivity contribution in [2.45, 2.75) is 31.8 Å². The van der Waals surface area contributed by atoms with Crippen LogP contribution >= 0.6 is 0 Å². The van der Waals surface area contributed by atoms with Gasteiger partial charge in [-0.1, -0.05) is 67.6 Å². The molecule has 2 aromatic rings.